The summed E-state index contributed by atoms with van der Waals surface area (Å²) in [6.07, 6.45) is 0.290. The summed E-state index contributed by atoms with van der Waals surface area (Å²) in [7, 11) is 1.65. The third-order valence-corrected chi connectivity index (χ3v) is 3.47. The van der Waals surface area contributed by atoms with Gasteiger partial charge in [0.05, 0.1) is 16.1 Å². The zero-order valence-electron chi connectivity index (χ0n) is 9.64. The molecule has 1 N–H and O–H groups in total. The van der Waals surface area contributed by atoms with Gasteiger partial charge in [-0.2, -0.15) is 5.26 Å². The topological polar surface area (TPSA) is 64.3 Å². The number of amides is 1. The largest absolute Gasteiger partial charge is 0.507 e. The van der Waals surface area contributed by atoms with E-state index in [1.54, 1.807) is 19.2 Å². The van der Waals surface area contributed by atoms with Gasteiger partial charge in [0.2, 0.25) is 0 Å². The Morgan fingerprint density at radius 2 is 2.29 bits per heavy atom. The maximum Gasteiger partial charge on any atom is 0.254 e. The summed E-state index contributed by atoms with van der Waals surface area (Å²) in [5.41, 5.74) is 0.426. The van der Waals surface area contributed by atoms with Gasteiger partial charge in [0.25, 0.3) is 5.91 Å². The number of hydrogen-bond acceptors (Lipinski definition) is 3. The van der Waals surface area contributed by atoms with Gasteiger partial charge in [-0.25, -0.2) is 0 Å². The number of carbonyl (C=O) groups is 1. The van der Waals surface area contributed by atoms with Gasteiger partial charge in [0.15, 0.2) is 0 Å². The molecule has 1 unspecified atom stereocenters. The molecule has 4 nitrogen and oxygen atoms in total. The standard InChI is InChI=1S/C12H13IN2O2/c1-8(5-6-14)15(2)12(17)9-3-4-10(13)11(16)7-9/h3-4,7-8,16H,5H2,1-2H3. The zero-order chi connectivity index (χ0) is 13.0. The molecule has 0 bridgehead atoms. The summed E-state index contributed by atoms with van der Waals surface area (Å²) in [4.78, 5) is 13.5. The highest BCUT2D eigenvalue weighted by atomic mass is 127. The number of carbonyl (C=O) groups excluding carboxylic acids is 1. The minimum absolute atomic E-state index is 0.0952. The number of phenolic OH excluding ortho intramolecular Hbond substituents is 1. The fourth-order valence-electron chi connectivity index (χ4n) is 1.32. The van der Waals surface area contributed by atoms with E-state index >= 15 is 0 Å². The second-order valence-electron chi connectivity index (χ2n) is 3.79. The molecular formula is C12H13IN2O2. The fourth-order valence-corrected chi connectivity index (χ4v) is 1.65. The molecule has 90 valence electrons. The molecule has 0 aromatic heterocycles. The second-order valence-corrected chi connectivity index (χ2v) is 4.96. The van der Waals surface area contributed by atoms with Crippen LogP contribution in [0.15, 0.2) is 18.2 Å². The van der Waals surface area contributed by atoms with Gasteiger partial charge in [-0.05, 0) is 47.7 Å². The van der Waals surface area contributed by atoms with Crippen LogP contribution in [0.5, 0.6) is 5.75 Å². The predicted octanol–water partition coefficient (Wildman–Crippen LogP) is 2.37. The van der Waals surface area contributed by atoms with Crippen molar-refractivity contribution in [1.29, 1.82) is 5.26 Å². The summed E-state index contributed by atoms with van der Waals surface area (Å²) < 4.78 is 0.701. The molecule has 1 aromatic rings. The lowest BCUT2D eigenvalue weighted by Gasteiger charge is -2.23. The van der Waals surface area contributed by atoms with Crippen molar-refractivity contribution in [2.45, 2.75) is 19.4 Å². The molecule has 0 saturated carbocycles. The molecule has 1 atom stereocenters. The number of nitriles is 1. The quantitative estimate of drug-likeness (QED) is 0.857. The monoisotopic (exact) mass is 344 g/mol. The Kier molecular flexibility index (Phi) is 4.75. The third-order valence-electron chi connectivity index (χ3n) is 2.56. The molecule has 1 aromatic carbocycles. The Bertz CT molecular complexity index is 468. The van der Waals surface area contributed by atoms with Crippen LogP contribution >= 0.6 is 22.6 Å². The first-order valence-electron chi connectivity index (χ1n) is 5.10. The van der Waals surface area contributed by atoms with Crippen LogP contribution in [0.2, 0.25) is 0 Å². The van der Waals surface area contributed by atoms with Gasteiger partial charge in [0, 0.05) is 18.7 Å². The number of halogens is 1. The first-order chi connectivity index (χ1) is 7.97. The molecule has 1 amide bonds. The number of nitrogens with zero attached hydrogens (tertiary/aromatic N) is 2. The third kappa shape index (κ3) is 3.33. The van der Waals surface area contributed by atoms with Crippen molar-refractivity contribution >= 4 is 28.5 Å². The van der Waals surface area contributed by atoms with Gasteiger partial charge < -0.3 is 10.0 Å². The molecular weight excluding hydrogens is 331 g/mol. The Labute approximate surface area is 114 Å². The minimum Gasteiger partial charge on any atom is -0.507 e. The summed E-state index contributed by atoms with van der Waals surface area (Å²) in [6.45, 7) is 1.81. The molecule has 0 aliphatic rings. The van der Waals surface area contributed by atoms with E-state index in [9.17, 15) is 9.90 Å². The van der Waals surface area contributed by atoms with E-state index in [0.717, 1.165) is 0 Å². The molecule has 0 aliphatic heterocycles. The summed E-state index contributed by atoms with van der Waals surface area (Å²) in [5.74, 6) is -0.0998. The van der Waals surface area contributed by atoms with E-state index < -0.39 is 0 Å². The van der Waals surface area contributed by atoms with Crippen molar-refractivity contribution in [3.8, 4) is 11.8 Å². The highest BCUT2D eigenvalue weighted by molar-refractivity contribution is 14.1. The number of aromatic hydroxyl groups is 1. The van der Waals surface area contributed by atoms with E-state index in [4.69, 9.17) is 5.26 Å². The number of rotatable bonds is 3. The van der Waals surface area contributed by atoms with E-state index in [2.05, 4.69) is 0 Å². The summed E-state index contributed by atoms with van der Waals surface area (Å²) in [5, 5.41) is 18.1. The van der Waals surface area contributed by atoms with Gasteiger partial charge in [-0.3, -0.25) is 4.79 Å². The maximum absolute atomic E-state index is 12.0. The first kappa shape index (κ1) is 13.8. The van der Waals surface area contributed by atoms with Crippen molar-refractivity contribution in [3.05, 3.63) is 27.3 Å². The Morgan fingerprint density at radius 1 is 1.65 bits per heavy atom. The highest BCUT2D eigenvalue weighted by Gasteiger charge is 2.17. The van der Waals surface area contributed by atoms with Crippen molar-refractivity contribution in [3.63, 3.8) is 0 Å². The van der Waals surface area contributed by atoms with Crippen LogP contribution in [-0.2, 0) is 0 Å². The van der Waals surface area contributed by atoms with Crippen LogP contribution in [-0.4, -0.2) is 29.0 Å². The number of phenols is 1. The van der Waals surface area contributed by atoms with Crippen LogP contribution in [0.3, 0.4) is 0 Å². The van der Waals surface area contributed by atoms with E-state index in [-0.39, 0.29) is 17.7 Å². The van der Waals surface area contributed by atoms with Gasteiger partial charge in [-0.1, -0.05) is 0 Å². The first-order valence-corrected chi connectivity index (χ1v) is 6.18. The fraction of sp³-hybridized carbons (Fsp3) is 0.333. The average molecular weight is 344 g/mol. The molecule has 0 heterocycles. The van der Waals surface area contributed by atoms with Crippen molar-refractivity contribution in [1.82, 2.24) is 4.90 Å². The van der Waals surface area contributed by atoms with Crippen LogP contribution in [0.4, 0.5) is 0 Å². The maximum atomic E-state index is 12.0. The molecule has 5 heteroatoms. The number of benzene rings is 1. The second kappa shape index (κ2) is 5.87. The predicted molar refractivity (Wildman–Crippen MR) is 72.6 cm³/mol. The van der Waals surface area contributed by atoms with E-state index in [1.807, 2.05) is 35.6 Å². The van der Waals surface area contributed by atoms with Gasteiger partial charge in [-0.15, -0.1) is 0 Å². The van der Waals surface area contributed by atoms with Crippen molar-refractivity contribution in [2.75, 3.05) is 7.05 Å². The van der Waals surface area contributed by atoms with Crippen molar-refractivity contribution in [2.24, 2.45) is 0 Å². The molecule has 1 rings (SSSR count). The summed E-state index contributed by atoms with van der Waals surface area (Å²) in [6, 6.07) is 6.68. The van der Waals surface area contributed by atoms with Crippen LogP contribution < -0.4 is 0 Å². The molecule has 0 aliphatic carbocycles. The minimum atomic E-state index is -0.195. The highest BCUT2D eigenvalue weighted by Crippen LogP contribution is 2.21. The Hall–Kier alpha value is -1.29. The van der Waals surface area contributed by atoms with Crippen LogP contribution in [0, 0.1) is 14.9 Å². The summed E-state index contributed by atoms with van der Waals surface area (Å²) >= 11 is 1.99. The number of hydrogen-bond donors (Lipinski definition) is 1. The Morgan fingerprint density at radius 3 is 2.82 bits per heavy atom. The SMILES string of the molecule is CC(CC#N)N(C)C(=O)c1ccc(I)c(O)c1. The molecule has 17 heavy (non-hydrogen) atoms. The smallest absolute Gasteiger partial charge is 0.254 e. The molecule has 0 saturated heterocycles. The van der Waals surface area contributed by atoms with E-state index in [1.165, 1.54) is 11.0 Å². The average Bonchev–Trinajstić information content (AvgIpc) is 2.31. The zero-order valence-corrected chi connectivity index (χ0v) is 11.8. The molecule has 0 radical (unpaired) electrons. The Balaban J connectivity index is 2.89. The van der Waals surface area contributed by atoms with Crippen molar-refractivity contribution < 1.29 is 9.90 Å². The lowest BCUT2D eigenvalue weighted by Crippen LogP contribution is -2.34. The molecule has 0 fully saturated rings. The normalized spacial score (nSPS) is 11.6. The van der Waals surface area contributed by atoms with E-state index in [0.29, 0.717) is 15.6 Å². The lowest BCUT2D eigenvalue weighted by atomic mass is 10.1. The molecule has 0 spiro atoms. The lowest BCUT2D eigenvalue weighted by molar-refractivity contribution is 0.0746. The van der Waals surface area contributed by atoms with Crippen LogP contribution in [0.25, 0.3) is 0 Å². The van der Waals surface area contributed by atoms with Crippen LogP contribution in [0.1, 0.15) is 23.7 Å². The van der Waals surface area contributed by atoms with Gasteiger partial charge in [0.1, 0.15) is 5.75 Å². The van der Waals surface area contributed by atoms with Gasteiger partial charge >= 0.3 is 0 Å².